The minimum absolute atomic E-state index is 0. The average molecular weight is 366 g/mol. The van der Waals surface area contributed by atoms with Crippen LogP contribution < -0.4 is 5.32 Å². The van der Waals surface area contributed by atoms with Crippen LogP contribution in [0.15, 0.2) is 30.3 Å². The predicted molar refractivity (Wildman–Crippen MR) is 105 cm³/mol. The molecule has 0 radical (unpaired) electrons. The Morgan fingerprint density at radius 2 is 1.76 bits per heavy atom. The van der Waals surface area contributed by atoms with Gasteiger partial charge >= 0.3 is 0 Å². The van der Waals surface area contributed by atoms with Crippen LogP contribution in [-0.2, 0) is 11.2 Å². The Balaban J connectivity index is 0.00000225. The average Bonchev–Trinajstić information content (AvgIpc) is 3.17. The van der Waals surface area contributed by atoms with E-state index >= 15 is 0 Å². The summed E-state index contributed by atoms with van der Waals surface area (Å²) in [5, 5.41) is 3.31. The molecule has 3 rings (SSSR count). The monoisotopic (exact) mass is 365 g/mol. The fourth-order valence-electron chi connectivity index (χ4n) is 3.98. The summed E-state index contributed by atoms with van der Waals surface area (Å²) >= 11 is 0. The van der Waals surface area contributed by atoms with Gasteiger partial charge in [0, 0.05) is 51.7 Å². The molecular formula is C20H32ClN3O. The molecule has 1 N–H and O–H groups in total. The molecule has 0 aromatic heterocycles. The lowest BCUT2D eigenvalue weighted by Crippen LogP contribution is -2.47. The molecule has 2 fully saturated rings. The predicted octanol–water partition coefficient (Wildman–Crippen LogP) is 2.72. The minimum atomic E-state index is 0. The minimum Gasteiger partial charge on any atom is -0.340 e. The topological polar surface area (TPSA) is 35.6 Å². The Morgan fingerprint density at radius 3 is 2.44 bits per heavy atom. The van der Waals surface area contributed by atoms with E-state index in [1.165, 1.54) is 31.2 Å². The van der Waals surface area contributed by atoms with Crippen LogP contribution in [0.25, 0.3) is 0 Å². The molecule has 1 aromatic rings. The van der Waals surface area contributed by atoms with E-state index in [1.54, 1.807) is 0 Å². The van der Waals surface area contributed by atoms with Crippen molar-refractivity contribution in [3.8, 4) is 0 Å². The van der Waals surface area contributed by atoms with E-state index in [2.05, 4.69) is 40.5 Å². The normalized spacial score (nSPS) is 18.4. The standard InChI is InChI=1S/C20H31N3O.ClH/c24-20(23-16-12-21-13-17-23)11-15-22(19-8-4-5-9-19)14-10-18-6-2-1-3-7-18;/h1-3,6-7,19,21H,4-5,8-17H2;1H. The van der Waals surface area contributed by atoms with E-state index in [0.29, 0.717) is 18.4 Å². The van der Waals surface area contributed by atoms with Crippen molar-refractivity contribution in [2.75, 3.05) is 39.3 Å². The lowest BCUT2D eigenvalue weighted by molar-refractivity contribution is -0.132. The summed E-state index contributed by atoms with van der Waals surface area (Å²) in [6.45, 7) is 5.60. The zero-order valence-corrected chi connectivity index (χ0v) is 16.0. The molecule has 1 heterocycles. The Labute approximate surface area is 158 Å². The number of nitrogens with one attached hydrogen (secondary N) is 1. The maximum atomic E-state index is 12.5. The van der Waals surface area contributed by atoms with E-state index in [1.807, 2.05) is 4.90 Å². The molecular weight excluding hydrogens is 334 g/mol. The van der Waals surface area contributed by atoms with E-state index < -0.39 is 0 Å². The molecule has 1 aliphatic heterocycles. The zero-order chi connectivity index (χ0) is 16.6. The number of rotatable bonds is 7. The van der Waals surface area contributed by atoms with Crippen LogP contribution in [-0.4, -0.2) is 61.0 Å². The third-order valence-electron chi connectivity index (χ3n) is 5.45. The fourth-order valence-corrected chi connectivity index (χ4v) is 3.98. The second-order valence-electron chi connectivity index (χ2n) is 7.09. The van der Waals surface area contributed by atoms with E-state index in [0.717, 1.165) is 45.7 Å². The molecule has 0 bridgehead atoms. The highest BCUT2D eigenvalue weighted by molar-refractivity contribution is 5.85. The molecule has 1 amide bonds. The van der Waals surface area contributed by atoms with Gasteiger partial charge in [-0.2, -0.15) is 0 Å². The number of carbonyl (C=O) groups is 1. The van der Waals surface area contributed by atoms with Crippen molar-refractivity contribution in [2.24, 2.45) is 0 Å². The van der Waals surface area contributed by atoms with Crippen molar-refractivity contribution in [1.82, 2.24) is 15.1 Å². The summed E-state index contributed by atoms with van der Waals surface area (Å²) in [5.41, 5.74) is 1.40. The number of hydrogen-bond acceptors (Lipinski definition) is 3. The largest absolute Gasteiger partial charge is 0.340 e. The molecule has 5 heteroatoms. The molecule has 0 unspecified atom stereocenters. The SMILES string of the molecule is Cl.O=C(CCN(CCc1ccccc1)C1CCCC1)N1CCNCC1. The molecule has 4 nitrogen and oxygen atoms in total. The van der Waals surface area contributed by atoms with Crippen LogP contribution in [0.5, 0.6) is 0 Å². The fraction of sp³-hybridized carbons (Fsp3) is 0.650. The summed E-state index contributed by atoms with van der Waals surface area (Å²) in [4.78, 5) is 17.1. The lowest BCUT2D eigenvalue weighted by Gasteiger charge is -2.31. The number of benzene rings is 1. The van der Waals surface area contributed by atoms with Gasteiger partial charge in [0.25, 0.3) is 0 Å². The van der Waals surface area contributed by atoms with Crippen molar-refractivity contribution < 1.29 is 4.79 Å². The lowest BCUT2D eigenvalue weighted by atomic mass is 10.1. The van der Waals surface area contributed by atoms with E-state index in [-0.39, 0.29) is 12.4 Å². The van der Waals surface area contributed by atoms with Gasteiger partial charge in [0.2, 0.25) is 5.91 Å². The highest BCUT2D eigenvalue weighted by Gasteiger charge is 2.24. The number of amides is 1. The van der Waals surface area contributed by atoms with E-state index in [9.17, 15) is 4.79 Å². The molecule has 25 heavy (non-hydrogen) atoms. The van der Waals surface area contributed by atoms with Crippen LogP contribution >= 0.6 is 12.4 Å². The summed E-state index contributed by atoms with van der Waals surface area (Å²) in [5.74, 6) is 0.333. The summed E-state index contributed by atoms with van der Waals surface area (Å²) in [6, 6.07) is 11.4. The molecule has 1 saturated heterocycles. The number of halogens is 1. The third-order valence-corrected chi connectivity index (χ3v) is 5.45. The second kappa shape index (κ2) is 10.8. The molecule has 1 saturated carbocycles. The molecule has 2 aliphatic rings. The first-order valence-corrected chi connectivity index (χ1v) is 9.59. The van der Waals surface area contributed by atoms with Crippen molar-refractivity contribution in [1.29, 1.82) is 0 Å². The van der Waals surface area contributed by atoms with Gasteiger partial charge < -0.3 is 10.2 Å². The van der Waals surface area contributed by atoms with Crippen molar-refractivity contribution in [2.45, 2.75) is 44.6 Å². The first kappa shape index (κ1) is 20.2. The Bertz CT molecular complexity index is 499. The van der Waals surface area contributed by atoms with Gasteiger partial charge in [-0.1, -0.05) is 43.2 Å². The number of hydrogen-bond donors (Lipinski definition) is 1. The summed E-state index contributed by atoms with van der Waals surface area (Å²) in [7, 11) is 0. The van der Waals surface area contributed by atoms with Gasteiger partial charge in [0.1, 0.15) is 0 Å². The molecule has 0 spiro atoms. The Morgan fingerprint density at radius 1 is 1.08 bits per heavy atom. The first-order chi connectivity index (χ1) is 11.8. The zero-order valence-electron chi connectivity index (χ0n) is 15.2. The van der Waals surface area contributed by atoms with Gasteiger partial charge in [-0.25, -0.2) is 0 Å². The number of carbonyl (C=O) groups excluding carboxylic acids is 1. The highest BCUT2D eigenvalue weighted by atomic mass is 35.5. The van der Waals surface area contributed by atoms with Crippen LogP contribution in [0.4, 0.5) is 0 Å². The van der Waals surface area contributed by atoms with Gasteiger partial charge in [0.05, 0.1) is 0 Å². The van der Waals surface area contributed by atoms with Crippen molar-refractivity contribution in [3.63, 3.8) is 0 Å². The van der Waals surface area contributed by atoms with Crippen LogP contribution in [0.2, 0.25) is 0 Å². The third kappa shape index (κ3) is 6.28. The van der Waals surface area contributed by atoms with Gasteiger partial charge in [0.15, 0.2) is 0 Å². The first-order valence-electron chi connectivity index (χ1n) is 9.59. The molecule has 140 valence electrons. The molecule has 0 atom stereocenters. The van der Waals surface area contributed by atoms with Crippen LogP contribution in [0.1, 0.15) is 37.7 Å². The number of nitrogens with zero attached hydrogens (tertiary/aromatic N) is 2. The van der Waals surface area contributed by atoms with Gasteiger partial charge in [-0.05, 0) is 24.8 Å². The maximum Gasteiger partial charge on any atom is 0.223 e. The van der Waals surface area contributed by atoms with Gasteiger partial charge in [-0.15, -0.1) is 12.4 Å². The molecule has 1 aliphatic carbocycles. The Kier molecular flexibility index (Phi) is 8.73. The highest BCUT2D eigenvalue weighted by Crippen LogP contribution is 2.24. The maximum absolute atomic E-state index is 12.5. The Hall–Kier alpha value is -1.10. The van der Waals surface area contributed by atoms with Crippen LogP contribution in [0, 0.1) is 0 Å². The summed E-state index contributed by atoms with van der Waals surface area (Å²) in [6.07, 6.45) is 7.05. The quantitative estimate of drug-likeness (QED) is 0.807. The number of piperazine rings is 1. The second-order valence-corrected chi connectivity index (χ2v) is 7.09. The van der Waals surface area contributed by atoms with Crippen molar-refractivity contribution >= 4 is 18.3 Å². The summed E-state index contributed by atoms with van der Waals surface area (Å²) < 4.78 is 0. The smallest absolute Gasteiger partial charge is 0.223 e. The molecule has 1 aromatic carbocycles. The van der Waals surface area contributed by atoms with Crippen LogP contribution in [0.3, 0.4) is 0 Å². The van der Waals surface area contributed by atoms with E-state index in [4.69, 9.17) is 0 Å². The van der Waals surface area contributed by atoms with Crippen molar-refractivity contribution in [3.05, 3.63) is 35.9 Å². The van der Waals surface area contributed by atoms with Gasteiger partial charge in [-0.3, -0.25) is 9.69 Å².